The number of hydrogen-bond donors (Lipinski definition) is 0. The van der Waals surface area contributed by atoms with Crippen LogP contribution in [0.15, 0.2) is 48.5 Å². The van der Waals surface area contributed by atoms with Crippen LogP contribution >= 0.6 is 23.2 Å². The molecule has 1 fully saturated rings. The van der Waals surface area contributed by atoms with Gasteiger partial charge in [0.05, 0.1) is 5.41 Å². The summed E-state index contributed by atoms with van der Waals surface area (Å²) in [5, 5.41) is 0. The summed E-state index contributed by atoms with van der Waals surface area (Å²) in [5.41, 5.74) is 4.86. The number of halogens is 2. The number of benzene rings is 2. The van der Waals surface area contributed by atoms with Crippen LogP contribution in [0.3, 0.4) is 0 Å². The molecule has 0 bridgehead atoms. The van der Waals surface area contributed by atoms with E-state index in [4.69, 9.17) is 23.2 Å². The van der Waals surface area contributed by atoms with Gasteiger partial charge in [0.25, 0.3) is 0 Å². The molecule has 0 spiro atoms. The minimum atomic E-state index is -0.700. The molecule has 0 amide bonds. The summed E-state index contributed by atoms with van der Waals surface area (Å²) in [7, 11) is 0. The van der Waals surface area contributed by atoms with Crippen LogP contribution < -0.4 is 0 Å². The average molecular weight is 319 g/mol. The first-order chi connectivity index (χ1) is 10.0. The van der Waals surface area contributed by atoms with E-state index in [1.165, 1.54) is 22.3 Å². The fraction of sp³-hybridized carbons (Fsp3) is 0.368. The molecule has 2 heteroatoms. The minimum absolute atomic E-state index is 0.255. The SMILES string of the molecule is CCc1ccc(C2(c3ccc(CC)cc3)CC2(Cl)Cl)cc1. The van der Waals surface area contributed by atoms with Crippen molar-refractivity contribution in [1.82, 2.24) is 0 Å². The highest BCUT2D eigenvalue weighted by atomic mass is 35.5. The summed E-state index contributed by atoms with van der Waals surface area (Å²) < 4.78 is -0.700. The molecule has 0 radical (unpaired) electrons. The lowest BCUT2D eigenvalue weighted by molar-refractivity contribution is 0.829. The van der Waals surface area contributed by atoms with Crippen molar-refractivity contribution in [3.63, 3.8) is 0 Å². The van der Waals surface area contributed by atoms with Gasteiger partial charge in [-0.05, 0) is 41.5 Å². The van der Waals surface area contributed by atoms with Crippen molar-refractivity contribution in [3.8, 4) is 0 Å². The van der Waals surface area contributed by atoms with Crippen LogP contribution in [0.4, 0.5) is 0 Å². The van der Waals surface area contributed by atoms with E-state index >= 15 is 0 Å². The van der Waals surface area contributed by atoms with Gasteiger partial charge in [0.1, 0.15) is 4.33 Å². The maximum atomic E-state index is 6.55. The number of alkyl halides is 2. The highest BCUT2D eigenvalue weighted by Crippen LogP contribution is 2.68. The first-order valence-electron chi connectivity index (χ1n) is 7.60. The molecule has 0 aliphatic heterocycles. The quantitative estimate of drug-likeness (QED) is 0.636. The summed E-state index contributed by atoms with van der Waals surface area (Å²) in [4.78, 5) is 0. The van der Waals surface area contributed by atoms with Gasteiger partial charge >= 0.3 is 0 Å². The van der Waals surface area contributed by atoms with Gasteiger partial charge in [-0.25, -0.2) is 0 Å². The van der Waals surface area contributed by atoms with Crippen LogP contribution in [0.1, 0.15) is 42.5 Å². The first kappa shape index (κ1) is 14.9. The van der Waals surface area contributed by atoms with Crippen molar-refractivity contribution in [1.29, 1.82) is 0 Å². The maximum absolute atomic E-state index is 6.55. The van der Waals surface area contributed by atoms with Gasteiger partial charge < -0.3 is 0 Å². The maximum Gasteiger partial charge on any atom is 0.133 e. The third kappa shape index (κ3) is 2.39. The Labute approximate surface area is 137 Å². The van der Waals surface area contributed by atoms with E-state index in [0.717, 1.165) is 19.3 Å². The van der Waals surface area contributed by atoms with Gasteiger partial charge in [-0.15, -0.1) is 23.2 Å². The van der Waals surface area contributed by atoms with Gasteiger partial charge in [-0.1, -0.05) is 62.4 Å². The molecular weight excluding hydrogens is 299 g/mol. The predicted molar refractivity (Wildman–Crippen MR) is 91.5 cm³/mol. The molecular formula is C19H20Cl2. The molecule has 0 saturated heterocycles. The highest BCUT2D eigenvalue weighted by Gasteiger charge is 2.68. The minimum Gasteiger partial charge on any atom is -0.100 e. The standard InChI is InChI=1S/C19H20Cl2/c1-3-14-5-9-16(10-6-14)18(13-19(18,20)21)17-11-7-15(4-2)8-12-17/h5-12H,3-4,13H2,1-2H3. The van der Waals surface area contributed by atoms with E-state index in [1.807, 2.05) is 0 Å². The second kappa shape index (κ2) is 5.34. The lowest BCUT2D eigenvalue weighted by Crippen LogP contribution is -2.17. The molecule has 0 N–H and O–H groups in total. The van der Waals surface area contributed by atoms with Gasteiger partial charge in [0.15, 0.2) is 0 Å². The second-order valence-corrected chi connectivity index (χ2v) is 7.37. The van der Waals surface area contributed by atoms with E-state index in [1.54, 1.807) is 0 Å². The molecule has 3 rings (SSSR count). The largest absolute Gasteiger partial charge is 0.133 e. The van der Waals surface area contributed by atoms with Gasteiger partial charge in [-0.3, -0.25) is 0 Å². The molecule has 0 nitrogen and oxygen atoms in total. The molecule has 2 aromatic carbocycles. The van der Waals surface area contributed by atoms with Crippen molar-refractivity contribution in [3.05, 3.63) is 70.8 Å². The topological polar surface area (TPSA) is 0 Å². The molecule has 0 aromatic heterocycles. The molecule has 21 heavy (non-hydrogen) atoms. The van der Waals surface area contributed by atoms with Crippen molar-refractivity contribution in [2.45, 2.75) is 42.9 Å². The Morgan fingerprint density at radius 3 is 1.33 bits per heavy atom. The molecule has 0 atom stereocenters. The molecule has 110 valence electrons. The smallest absolute Gasteiger partial charge is 0.100 e. The fourth-order valence-corrected chi connectivity index (χ4v) is 3.97. The van der Waals surface area contributed by atoms with Gasteiger partial charge in [0.2, 0.25) is 0 Å². The summed E-state index contributed by atoms with van der Waals surface area (Å²) >= 11 is 13.1. The predicted octanol–water partition coefficient (Wildman–Crippen LogP) is 5.68. The zero-order valence-electron chi connectivity index (χ0n) is 12.5. The van der Waals surface area contributed by atoms with Crippen molar-refractivity contribution < 1.29 is 0 Å². The summed E-state index contributed by atoms with van der Waals surface area (Å²) in [5.74, 6) is 0. The Morgan fingerprint density at radius 2 is 1.10 bits per heavy atom. The number of aryl methyl sites for hydroxylation is 2. The third-order valence-corrected chi connectivity index (χ3v) is 5.61. The average Bonchev–Trinajstić information content (AvgIpc) is 3.11. The van der Waals surface area contributed by atoms with E-state index in [2.05, 4.69) is 62.4 Å². The Hall–Kier alpha value is -0.980. The van der Waals surface area contributed by atoms with Crippen molar-refractivity contribution >= 4 is 23.2 Å². The number of rotatable bonds is 4. The van der Waals surface area contributed by atoms with Crippen LogP contribution in [0.2, 0.25) is 0 Å². The van der Waals surface area contributed by atoms with Crippen LogP contribution in [-0.4, -0.2) is 4.33 Å². The summed E-state index contributed by atoms with van der Waals surface area (Å²) in [6.45, 7) is 4.33. The lowest BCUT2D eigenvalue weighted by atomic mass is 9.86. The van der Waals surface area contributed by atoms with E-state index in [-0.39, 0.29) is 5.41 Å². The Kier molecular flexibility index (Phi) is 3.80. The molecule has 1 saturated carbocycles. The highest BCUT2D eigenvalue weighted by molar-refractivity contribution is 6.52. The second-order valence-electron chi connectivity index (χ2n) is 5.89. The monoisotopic (exact) mass is 318 g/mol. The lowest BCUT2D eigenvalue weighted by Gasteiger charge is -2.20. The Morgan fingerprint density at radius 1 is 0.762 bits per heavy atom. The van der Waals surface area contributed by atoms with Crippen molar-refractivity contribution in [2.24, 2.45) is 0 Å². The zero-order chi connectivity index (χ0) is 15.1. The van der Waals surface area contributed by atoms with Crippen molar-refractivity contribution in [2.75, 3.05) is 0 Å². The zero-order valence-corrected chi connectivity index (χ0v) is 14.0. The van der Waals surface area contributed by atoms with Crippen LogP contribution in [0, 0.1) is 0 Å². The van der Waals surface area contributed by atoms with E-state index in [0.29, 0.717) is 0 Å². The molecule has 0 heterocycles. The molecule has 1 aliphatic rings. The Balaban J connectivity index is 2.03. The summed E-state index contributed by atoms with van der Waals surface area (Å²) in [6.07, 6.45) is 2.87. The summed E-state index contributed by atoms with van der Waals surface area (Å²) in [6, 6.07) is 17.4. The first-order valence-corrected chi connectivity index (χ1v) is 8.36. The molecule has 1 aliphatic carbocycles. The Bertz CT molecular complexity index is 576. The van der Waals surface area contributed by atoms with E-state index in [9.17, 15) is 0 Å². The number of hydrogen-bond acceptors (Lipinski definition) is 0. The van der Waals surface area contributed by atoms with Gasteiger partial charge in [-0.2, -0.15) is 0 Å². The van der Waals surface area contributed by atoms with Crippen LogP contribution in [0.5, 0.6) is 0 Å². The molecule has 0 unspecified atom stereocenters. The van der Waals surface area contributed by atoms with E-state index < -0.39 is 4.33 Å². The van der Waals surface area contributed by atoms with Gasteiger partial charge in [0, 0.05) is 0 Å². The third-order valence-electron chi connectivity index (χ3n) is 4.70. The molecule has 2 aromatic rings. The normalized spacial score (nSPS) is 18.5. The van der Waals surface area contributed by atoms with Crippen LogP contribution in [-0.2, 0) is 18.3 Å². The van der Waals surface area contributed by atoms with Crippen LogP contribution in [0.25, 0.3) is 0 Å². The fourth-order valence-electron chi connectivity index (χ4n) is 3.13.